The Bertz CT molecular complexity index is 451. The number of nitrogen functional groups attached to an aromatic ring is 1. The molecule has 0 aliphatic rings. The van der Waals surface area contributed by atoms with Crippen LogP contribution < -0.4 is 11.3 Å². The van der Waals surface area contributed by atoms with Crippen LogP contribution in [-0.2, 0) is 6.42 Å². The molecule has 14 heavy (non-hydrogen) atoms. The summed E-state index contributed by atoms with van der Waals surface area (Å²) >= 11 is 0. The number of anilines is 1. The van der Waals surface area contributed by atoms with E-state index >= 15 is 0 Å². The van der Waals surface area contributed by atoms with Crippen molar-refractivity contribution in [3.63, 3.8) is 0 Å². The number of aromatic nitrogens is 1. The lowest BCUT2D eigenvalue weighted by molar-refractivity contribution is 1.14. The smallest absolute Gasteiger partial charge is 0.147 e. The zero-order chi connectivity index (χ0) is 9.97. The highest BCUT2D eigenvalue weighted by Crippen LogP contribution is 2.21. The number of fused-ring (bicyclic) bond motifs is 1. The van der Waals surface area contributed by atoms with Gasteiger partial charge >= 0.3 is 0 Å². The van der Waals surface area contributed by atoms with Crippen LogP contribution in [-0.4, -0.2) is 4.98 Å². The van der Waals surface area contributed by atoms with Crippen molar-refractivity contribution < 1.29 is 0 Å². The summed E-state index contributed by atoms with van der Waals surface area (Å²) in [6, 6.07) is 8.33. The molecule has 0 saturated carbocycles. The Morgan fingerprint density at radius 1 is 1.36 bits per heavy atom. The number of nitrogens with zero attached hydrogens (tertiary/aromatic N) is 1. The van der Waals surface area contributed by atoms with Gasteiger partial charge in [0.25, 0.3) is 0 Å². The minimum Gasteiger partial charge on any atom is -0.308 e. The maximum absolute atomic E-state index is 5.39. The number of hydrogen-bond donors (Lipinski definition) is 2. The lowest BCUT2D eigenvalue weighted by Crippen LogP contribution is -2.08. The minimum atomic E-state index is 0.734. The van der Waals surface area contributed by atoms with Crippen LogP contribution in [0.1, 0.15) is 12.5 Å². The molecule has 3 nitrogen and oxygen atoms in total. The standard InChI is InChI=1S/C11H13N3/c1-2-8-3-4-9-5-6-13-11(14-12)10(9)7-8/h3-7H,2,12H2,1H3,(H,13,14). The van der Waals surface area contributed by atoms with E-state index in [2.05, 4.69) is 35.5 Å². The maximum Gasteiger partial charge on any atom is 0.147 e. The van der Waals surface area contributed by atoms with Gasteiger partial charge in [0.1, 0.15) is 5.82 Å². The summed E-state index contributed by atoms with van der Waals surface area (Å²) < 4.78 is 0. The molecule has 2 aromatic rings. The lowest BCUT2D eigenvalue weighted by Gasteiger charge is -2.05. The average Bonchev–Trinajstić information content (AvgIpc) is 2.27. The fraction of sp³-hybridized carbons (Fsp3) is 0.182. The number of nitrogens with one attached hydrogen (secondary N) is 1. The Morgan fingerprint density at radius 2 is 2.21 bits per heavy atom. The molecular weight excluding hydrogens is 174 g/mol. The van der Waals surface area contributed by atoms with E-state index in [4.69, 9.17) is 5.84 Å². The van der Waals surface area contributed by atoms with Crippen molar-refractivity contribution in [3.8, 4) is 0 Å². The van der Waals surface area contributed by atoms with Gasteiger partial charge in [0, 0.05) is 11.6 Å². The fourth-order valence-electron chi connectivity index (χ4n) is 1.55. The molecule has 0 aliphatic heterocycles. The van der Waals surface area contributed by atoms with Gasteiger partial charge in [0.2, 0.25) is 0 Å². The first kappa shape index (κ1) is 8.97. The van der Waals surface area contributed by atoms with E-state index in [0.29, 0.717) is 0 Å². The van der Waals surface area contributed by atoms with Crippen molar-refractivity contribution in [2.45, 2.75) is 13.3 Å². The zero-order valence-electron chi connectivity index (χ0n) is 8.12. The molecule has 3 heteroatoms. The summed E-state index contributed by atoms with van der Waals surface area (Å²) in [6.45, 7) is 2.13. The molecule has 0 amide bonds. The van der Waals surface area contributed by atoms with Crippen molar-refractivity contribution in [2.24, 2.45) is 5.84 Å². The number of hydrazine groups is 1. The highest BCUT2D eigenvalue weighted by Gasteiger charge is 2.00. The van der Waals surface area contributed by atoms with Crippen LogP contribution in [0.2, 0.25) is 0 Å². The molecule has 1 heterocycles. The Hall–Kier alpha value is -1.61. The Kier molecular flexibility index (Phi) is 2.33. The zero-order valence-corrected chi connectivity index (χ0v) is 8.12. The van der Waals surface area contributed by atoms with Gasteiger partial charge in [-0.05, 0) is 29.5 Å². The molecular formula is C11H13N3. The van der Waals surface area contributed by atoms with E-state index in [9.17, 15) is 0 Å². The van der Waals surface area contributed by atoms with E-state index in [1.54, 1.807) is 6.20 Å². The van der Waals surface area contributed by atoms with Gasteiger partial charge < -0.3 is 5.43 Å². The quantitative estimate of drug-likeness (QED) is 0.559. The van der Waals surface area contributed by atoms with Gasteiger partial charge in [-0.2, -0.15) is 0 Å². The van der Waals surface area contributed by atoms with E-state index in [-0.39, 0.29) is 0 Å². The maximum atomic E-state index is 5.39. The number of rotatable bonds is 2. The molecule has 1 aromatic carbocycles. The van der Waals surface area contributed by atoms with Crippen molar-refractivity contribution in [1.29, 1.82) is 0 Å². The van der Waals surface area contributed by atoms with Crippen LogP contribution in [0.5, 0.6) is 0 Å². The molecule has 0 unspecified atom stereocenters. The van der Waals surface area contributed by atoms with Gasteiger partial charge in [-0.1, -0.05) is 19.1 Å². The van der Waals surface area contributed by atoms with Crippen LogP contribution in [0.25, 0.3) is 10.8 Å². The van der Waals surface area contributed by atoms with E-state index in [1.807, 2.05) is 6.07 Å². The first-order chi connectivity index (χ1) is 6.85. The second-order valence-corrected chi connectivity index (χ2v) is 3.21. The summed E-state index contributed by atoms with van der Waals surface area (Å²) in [5.74, 6) is 6.13. The molecule has 0 radical (unpaired) electrons. The number of hydrogen-bond acceptors (Lipinski definition) is 3. The second kappa shape index (κ2) is 3.64. The molecule has 2 rings (SSSR count). The molecule has 1 aromatic heterocycles. The Labute approximate surface area is 82.9 Å². The first-order valence-electron chi connectivity index (χ1n) is 4.69. The van der Waals surface area contributed by atoms with Gasteiger partial charge in [-0.3, -0.25) is 0 Å². The summed E-state index contributed by atoms with van der Waals surface area (Å²) in [5, 5.41) is 2.24. The molecule has 0 aliphatic carbocycles. The third-order valence-electron chi connectivity index (χ3n) is 2.38. The summed E-state index contributed by atoms with van der Waals surface area (Å²) in [5.41, 5.74) is 3.90. The number of benzene rings is 1. The van der Waals surface area contributed by atoms with Crippen LogP contribution in [0.15, 0.2) is 30.5 Å². The van der Waals surface area contributed by atoms with Crippen molar-refractivity contribution in [3.05, 3.63) is 36.0 Å². The van der Waals surface area contributed by atoms with Crippen molar-refractivity contribution >= 4 is 16.6 Å². The molecule has 3 N–H and O–H groups in total. The highest BCUT2D eigenvalue weighted by atomic mass is 15.2. The van der Waals surface area contributed by atoms with E-state index in [0.717, 1.165) is 23.0 Å². The summed E-state index contributed by atoms with van der Waals surface area (Å²) in [6.07, 6.45) is 2.78. The molecule has 0 atom stereocenters. The van der Waals surface area contributed by atoms with E-state index in [1.165, 1.54) is 5.56 Å². The van der Waals surface area contributed by atoms with Crippen LogP contribution in [0, 0.1) is 0 Å². The number of aryl methyl sites for hydroxylation is 1. The van der Waals surface area contributed by atoms with E-state index < -0.39 is 0 Å². The topological polar surface area (TPSA) is 50.9 Å². The fourth-order valence-corrected chi connectivity index (χ4v) is 1.55. The summed E-state index contributed by atoms with van der Waals surface area (Å²) in [4.78, 5) is 4.16. The Morgan fingerprint density at radius 3 is 2.93 bits per heavy atom. The molecule has 0 fully saturated rings. The average molecular weight is 187 g/mol. The molecule has 0 saturated heterocycles. The van der Waals surface area contributed by atoms with Gasteiger partial charge in [-0.15, -0.1) is 0 Å². The first-order valence-corrected chi connectivity index (χ1v) is 4.69. The second-order valence-electron chi connectivity index (χ2n) is 3.21. The van der Waals surface area contributed by atoms with Crippen LogP contribution >= 0.6 is 0 Å². The lowest BCUT2D eigenvalue weighted by atomic mass is 10.1. The van der Waals surface area contributed by atoms with Crippen LogP contribution in [0.3, 0.4) is 0 Å². The highest BCUT2D eigenvalue weighted by molar-refractivity contribution is 5.92. The number of nitrogens with two attached hydrogens (primary N) is 1. The van der Waals surface area contributed by atoms with Crippen LogP contribution in [0.4, 0.5) is 5.82 Å². The largest absolute Gasteiger partial charge is 0.308 e. The predicted molar refractivity (Wildman–Crippen MR) is 58.9 cm³/mol. The van der Waals surface area contributed by atoms with Gasteiger partial charge in [0.15, 0.2) is 0 Å². The third-order valence-corrected chi connectivity index (χ3v) is 2.38. The van der Waals surface area contributed by atoms with Crippen molar-refractivity contribution in [2.75, 3.05) is 5.43 Å². The van der Waals surface area contributed by atoms with Gasteiger partial charge in [-0.25, -0.2) is 10.8 Å². The van der Waals surface area contributed by atoms with Gasteiger partial charge in [0.05, 0.1) is 0 Å². The third kappa shape index (κ3) is 1.42. The Balaban J connectivity index is 2.70. The summed E-state index contributed by atoms with van der Waals surface area (Å²) in [7, 11) is 0. The molecule has 0 bridgehead atoms. The SMILES string of the molecule is CCc1ccc2ccnc(NN)c2c1. The monoisotopic (exact) mass is 187 g/mol. The van der Waals surface area contributed by atoms with Crippen molar-refractivity contribution in [1.82, 2.24) is 4.98 Å². The number of pyridine rings is 1. The minimum absolute atomic E-state index is 0.734. The molecule has 72 valence electrons. The molecule has 0 spiro atoms. The normalized spacial score (nSPS) is 10.4. The predicted octanol–water partition coefficient (Wildman–Crippen LogP) is 2.08.